The molecule has 0 saturated carbocycles. The first-order valence-electron chi connectivity index (χ1n) is 6.35. The van der Waals surface area contributed by atoms with Gasteiger partial charge in [-0.25, -0.2) is 13.1 Å². The minimum Gasteiger partial charge on any atom is -0.372 e. The molecule has 0 bridgehead atoms. The van der Waals surface area contributed by atoms with Gasteiger partial charge in [0.2, 0.25) is 10.0 Å². The number of nitrogens with one attached hydrogen (secondary N) is 2. The molecule has 108 valence electrons. The Kier molecular flexibility index (Phi) is 5.78. The second-order valence-corrected chi connectivity index (χ2v) is 6.45. The van der Waals surface area contributed by atoms with Crippen LogP contribution in [0.1, 0.15) is 13.8 Å². The molecule has 0 aliphatic rings. The fraction of sp³-hybridized carbons (Fsp3) is 0.538. The number of hydrogen-bond acceptors (Lipinski definition) is 4. The highest BCUT2D eigenvalue weighted by molar-refractivity contribution is 7.89. The van der Waals surface area contributed by atoms with Crippen molar-refractivity contribution >= 4 is 15.7 Å². The average Bonchev–Trinajstić information content (AvgIpc) is 2.34. The number of para-hydroxylation sites is 1. The van der Waals surface area contributed by atoms with Gasteiger partial charge in [0.25, 0.3) is 0 Å². The number of rotatable bonds is 7. The first-order chi connectivity index (χ1) is 8.88. The zero-order valence-corrected chi connectivity index (χ0v) is 12.8. The van der Waals surface area contributed by atoms with Gasteiger partial charge < -0.3 is 10.2 Å². The fourth-order valence-electron chi connectivity index (χ4n) is 1.77. The minimum atomic E-state index is -3.47. The van der Waals surface area contributed by atoms with Crippen LogP contribution in [0.15, 0.2) is 29.2 Å². The summed E-state index contributed by atoms with van der Waals surface area (Å²) >= 11 is 0. The van der Waals surface area contributed by atoms with E-state index in [-0.39, 0.29) is 6.04 Å². The van der Waals surface area contributed by atoms with Crippen LogP contribution in [0.2, 0.25) is 0 Å². The lowest BCUT2D eigenvalue weighted by molar-refractivity contribution is 0.569. The van der Waals surface area contributed by atoms with Crippen LogP contribution in [-0.4, -0.2) is 41.6 Å². The molecule has 0 radical (unpaired) electrons. The van der Waals surface area contributed by atoms with E-state index in [0.717, 1.165) is 13.1 Å². The van der Waals surface area contributed by atoms with E-state index in [1.165, 1.54) is 0 Å². The van der Waals surface area contributed by atoms with E-state index in [2.05, 4.69) is 10.0 Å². The highest BCUT2D eigenvalue weighted by Gasteiger charge is 2.20. The van der Waals surface area contributed by atoms with Crippen LogP contribution in [0.3, 0.4) is 0 Å². The molecule has 0 saturated heterocycles. The largest absolute Gasteiger partial charge is 0.372 e. The fourth-order valence-corrected chi connectivity index (χ4v) is 3.28. The molecule has 0 aromatic heterocycles. The predicted octanol–water partition coefficient (Wildman–Crippen LogP) is 1.03. The van der Waals surface area contributed by atoms with Gasteiger partial charge in [-0.3, -0.25) is 0 Å². The third-order valence-corrected chi connectivity index (χ3v) is 4.36. The normalized spacial score (nSPS) is 11.8. The van der Waals surface area contributed by atoms with Crippen molar-refractivity contribution in [3.05, 3.63) is 24.3 Å². The molecule has 0 fully saturated rings. The Morgan fingerprint density at radius 2 is 1.89 bits per heavy atom. The highest BCUT2D eigenvalue weighted by Crippen LogP contribution is 2.23. The molecule has 1 aromatic carbocycles. The van der Waals surface area contributed by atoms with E-state index >= 15 is 0 Å². The van der Waals surface area contributed by atoms with Crippen LogP contribution in [0.4, 0.5) is 5.69 Å². The summed E-state index contributed by atoms with van der Waals surface area (Å²) in [6.45, 7) is 5.16. The van der Waals surface area contributed by atoms with Crippen molar-refractivity contribution in [1.29, 1.82) is 0 Å². The molecule has 0 atom stereocenters. The molecule has 2 N–H and O–H groups in total. The SMILES string of the molecule is CNCCN(C)c1ccccc1S(=O)(=O)NC(C)C. The van der Waals surface area contributed by atoms with Gasteiger partial charge >= 0.3 is 0 Å². The van der Waals surface area contributed by atoms with Gasteiger partial charge in [0.15, 0.2) is 0 Å². The molecule has 0 aliphatic heterocycles. The van der Waals surface area contributed by atoms with Gasteiger partial charge in [0.05, 0.1) is 5.69 Å². The molecule has 0 amide bonds. The quantitative estimate of drug-likeness (QED) is 0.785. The van der Waals surface area contributed by atoms with Crippen molar-refractivity contribution in [2.24, 2.45) is 0 Å². The van der Waals surface area contributed by atoms with E-state index in [0.29, 0.717) is 10.6 Å². The highest BCUT2D eigenvalue weighted by atomic mass is 32.2. The van der Waals surface area contributed by atoms with Gasteiger partial charge in [-0.05, 0) is 33.0 Å². The lowest BCUT2D eigenvalue weighted by atomic mass is 10.3. The number of sulfonamides is 1. The number of likely N-dealkylation sites (N-methyl/N-ethyl adjacent to an activating group) is 2. The second-order valence-electron chi connectivity index (χ2n) is 4.77. The topological polar surface area (TPSA) is 61.4 Å². The maximum Gasteiger partial charge on any atom is 0.242 e. The van der Waals surface area contributed by atoms with E-state index < -0.39 is 10.0 Å². The predicted molar refractivity (Wildman–Crippen MR) is 79.1 cm³/mol. The van der Waals surface area contributed by atoms with E-state index in [4.69, 9.17) is 0 Å². The van der Waals surface area contributed by atoms with Crippen molar-refractivity contribution in [1.82, 2.24) is 10.0 Å². The summed E-state index contributed by atoms with van der Waals surface area (Å²) in [5, 5.41) is 3.05. The number of anilines is 1. The van der Waals surface area contributed by atoms with Crippen LogP contribution >= 0.6 is 0 Å². The summed E-state index contributed by atoms with van der Waals surface area (Å²) in [6, 6.07) is 6.92. The van der Waals surface area contributed by atoms with Crippen LogP contribution in [0, 0.1) is 0 Å². The lowest BCUT2D eigenvalue weighted by Gasteiger charge is -2.22. The minimum absolute atomic E-state index is 0.124. The monoisotopic (exact) mass is 285 g/mol. The Morgan fingerprint density at radius 1 is 1.26 bits per heavy atom. The Labute approximate surface area is 116 Å². The summed E-state index contributed by atoms with van der Waals surface area (Å²) in [4.78, 5) is 2.26. The second kappa shape index (κ2) is 6.88. The van der Waals surface area contributed by atoms with Crippen molar-refractivity contribution in [3.63, 3.8) is 0 Å². The van der Waals surface area contributed by atoms with E-state index in [9.17, 15) is 8.42 Å². The zero-order valence-electron chi connectivity index (χ0n) is 12.0. The van der Waals surface area contributed by atoms with E-state index in [1.807, 2.05) is 45.0 Å². The summed E-state index contributed by atoms with van der Waals surface area (Å²) in [5.41, 5.74) is 0.714. The zero-order chi connectivity index (χ0) is 14.5. The van der Waals surface area contributed by atoms with Crippen molar-refractivity contribution in [2.75, 3.05) is 32.1 Å². The Hall–Kier alpha value is -1.11. The molecule has 0 unspecified atom stereocenters. The maximum atomic E-state index is 12.3. The van der Waals surface area contributed by atoms with Crippen molar-refractivity contribution in [2.45, 2.75) is 24.8 Å². The maximum absolute atomic E-state index is 12.3. The van der Waals surface area contributed by atoms with Gasteiger partial charge in [-0.15, -0.1) is 0 Å². The molecule has 1 aromatic rings. The smallest absolute Gasteiger partial charge is 0.242 e. The summed E-state index contributed by atoms with van der Waals surface area (Å²) < 4.78 is 27.2. The Balaban J connectivity index is 3.08. The van der Waals surface area contributed by atoms with Crippen LogP contribution in [0.25, 0.3) is 0 Å². The van der Waals surface area contributed by atoms with Gasteiger partial charge in [-0.2, -0.15) is 0 Å². The van der Waals surface area contributed by atoms with Gasteiger partial charge in [0.1, 0.15) is 4.90 Å². The Morgan fingerprint density at radius 3 is 2.47 bits per heavy atom. The molecule has 6 heteroatoms. The third-order valence-electron chi connectivity index (χ3n) is 2.65. The number of hydrogen-bond donors (Lipinski definition) is 2. The van der Waals surface area contributed by atoms with Gasteiger partial charge in [0, 0.05) is 26.2 Å². The molecule has 19 heavy (non-hydrogen) atoms. The average molecular weight is 285 g/mol. The molecule has 0 spiro atoms. The third kappa shape index (κ3) is 4.49. The van der Waals surface area contributed by atoms with Crippen LogP contribution in [0.5, 0.6) is 0 Å². The van der Waals surface area contributed by atoms with Crippen molar-refractivity contribution < 1.29 is 8.42 Å². The first kappa shape index (κ1) is 15.9. The molecule has 0 heterocycles. The lowest BCUT2D eigenvalue weighted by Crippen LogP contribution is -2.33. The molecule has 5 nitrogen and oxygen atoms in total. The number of benzene rings is 1. The molecule has 1 rings (SSSR count). The van der Waals surface area contributed by atoms with Crippen LogP contribution in [-0.2, 0) is 10.0 Å². The summed E-state index contributed by atoms with van der Waals surface area (Å²) in [7, 11) is 0.289. The molecule has 0 aliphatic carbocycles. The summed E-state index contributed by atoms with van der Waals surface area (Å²) in [6.07, 6.45) is 0. The number of nitrogens with zero attached hydrogens (tertiary/aromatic N) is 1. The standard InChI is InChI=1S/C13H23N3O2S/c1-11(2)15-19(17,18)13-8-6-5-7-12(13)16(4)10-9-14-3/h5-8,11,14-15H,9-10H2,1-4H3. The van der Waals surface area contributed by atoms with E-state index in [1.54, 1.807) is 12.1 Å². The van der Waals surface area contributed by atoms with Crippen molar-refractivity contribution in [3.8, 4) is 0 Å². The van der Waals surface area contributed by atoms with Gasteiger partial charge in [-0.1, -0.05) is 12.1 Å². The first-order valence-corrected chi connectivity index (χ1v) is 7.84. The van der Waals surface area contributed by atoms with Crippen LogP contribution < -0.4 is 14.9 Å². The Bertz CT molecular complexity index is 500. The summed E-state index contributed by atoms with van der Waals surface area (Å²) in [5.74, 6) is 0. The molecular weight excluding hydrogens is 262 g/mol. The molecular formula is C13H23N3O2S.